The zero-order valence-electron chi connectivity index (χ0n) is 10.4. The maximum Gasteiger partial charge on any atom is 0.233 e. The van der Waals surface area contributed by atoms with Gasteiger partial charge in [-0.2, -0.15) is 0 Å². The third-order valence-electron chi connectivity index (χ3n) is 2.59. The van der Waals surface area contributed by atoms with E-state index in [1.165, 1.54) is 16.7 Å². The van der Waals surface area contributed by atoms with E-state index in [1.54, 1.807) is 7.05 Å². The molecule has 1 aromatic carbocycles. The quantitative estimate of drug-likeness (QED) is 0.811. The lowest BCUT2D eigenvalue weighted by molar-refractivity contribution is -0.119. The average Bonchev–Trinajstić information content (AvgIpc) is 2.23. The van der Waals surface area contributed by atoms with Crippen LogP contribution in [0.5, 0.6) is 0 Å². The van der Waals surface area contributed by atoms with Crippen LogP contribution in [-0.4, -0.2) is 19.5 Å². The Balaban J connectivity index is 2.65. The second kappa shape index (κ2) is 5.66. The van der Waals surface area contributed by atoms with Gasteiger partial charge >= 0.3 is 0 Å². The number of hydrogen-bond acceptors (Lipinski definition) is 2. The normalized spacial score (nSPS) is 12.2. The fraction of sp³-hybridized carbons (Fsp3) is 0.462. The molecule has 0 aliphatic heterocycles. The molecule has 0 saturated carbocycles. The van der Waals surface area contributed by atoms with Gasteiger partial charge in [0.25, 0.3) is 0 Å². The first-order valence-corrected chi connectivity index (χ1v) is 5.55. The number of benzene rings is 1. The summed E-state index contributed by atoms with van der Waals surface area (Å²) in [6, 6.07) is 6.63. The fourth-order valence-corrected chi connectivity index (χ4v) is 1.71. The molecule has 0 fully saturated rings. The maximum atomic E-state index is 11.1. The minimum Gasteiger partial charge on any atom is -0.358 e. The molecule has 1 aromatic rings. The molecule has 0 heterocycles. The lowest BCUT2D eigenvalue weighted by Gasteiger charge is -2.15. The van der Waals surface area contributed by atoms with E-state index < -0.39 is 0 Å². The van der Waals surface area contributed by atoms with Crippen molar-refractivity contribution in [2.24, 2.45) is 0 Å². The summed E-state index contributed by atoms with van der Waals surface area (Å²) in [5.41, 5.74) is 3.73. The molecular weight excluding hydrogens is 200 g/mol. The molecule has 88 valence electrons. The van der Waals surface area contributed by atoms with Gasteiger partial charge in [0.05, 0.1) is 6.54 Å². The molecule has 0 aliphatic carbocycles. The van der Waals surface area contributed by atoms with Crippen molar-refractivity contribution in [1.29, 1.82) is 0 Å². The highest BCUT2D eigenvalue weighted by atomic mass is 16.1. The summed E-state index contributed by atoms with van der Waals surface area (Å²) in [5, 5.41) is 5.79. The van der Waals surface area contributed by atoms with Crippen LogP contribution in [-0.2, 0) is 4.79 Å². The van der Waals surface area contributed by atoms with Gasteiger partial charge in [-0.25, -0.2) is 0 Å². The SMILES string of the molecule is CNC(=O)CNC(C)c1cc(C)cc(C)c1. The molecule has 1 unspecified atom stereocenters. The van der Waals surface area contributed by atoms with E-state index in [9.17, 15) is 4.79 Å². The van der Waals surface area contributed by atoms with Crippen molar-refractivity contribution in [3.05, 3.63) is 34.9 Å². The van der Waals surface area contributed by atoms with E-state index in [2.05, 4.69) is 49.6 Å². The van der Waals surface area contributed by atoms with E-state index >= 15 is 0 Å². The molecule has 0 radical (unpaired) electrons. The van der Waals surface area contributed by atoms with Crippen LogP contribution in [0, 0.1) is 13.8 Å². The molecule has 3 nitrogen and oxygen atoms in total. The molecule has 16 heavy (non-hydrogen) atoms. The molecule has 0 aromatic heterocycles. The summed E-state index contributed by atoms with van der Waals surface area (Å²) in [4.78, 5) is 11.1. The first-order chi connectivity index (χ1) is 7.52. The number of likely N-dealkylation sites (N-methyl/N-ethyl adjacent to an activating group) is 1. The summed E-state index contributed by atoms with van der Waals surface area (Å²) < 4.78 is 0. The van der Waals surface area contributed by atoms with Crippen molar-refractivity contribution >= 4 is 5.91 Å². The smallest absolute Gasteiger partial charge is 0.233 e. The Kier molecular flexibility index (Phi) is 4.50. The van der Waals surface area contributed by atoms with Crippen molar-refractivity contribution in [2.45, 2.75) is 26.8 Å². The lowest BCUT2D eigenvalue weighted by atomic mass is 10.0. The highest BCUT2D eigenvalue weighted by molar-refractivity contribution is 5.77. The molecule has 3 heteroatoms. The van der Waals surface area contributed by atoms with Crippen LogP contribution < -0.4 is 10.6 Å². The van der Waals surface area contributed by atoms with Gasteiger partial charge in [0.1, 0.15) is 0 Å². The second-order valence-electron chi connectivity index (χ2n) is 4.20. The molecule has 0 aliphatic rings. The van der Waals surface area contributed by atoms with Crippen LogP contribution in [0.2, 0.25) is 0 Å². The second-order valence-corrected chi connectivity index (χ2v) is 4.20. The van der Waals surface area contributed by atoms with E-state index in [1.807, 2.05) is 0 Å². The Morgan fingerprint density at radius 1 is 1.25 bits per heavy atom. The molecule has 0 saturated heterocycles. The van der Waals surface area contributed by atoms with Crippen LogP contribution in [0.1, 0.15) is 29.7 Å². The fourth-order valence-electron chi connectivity index (χ4n) is 1.71. The Morgan fingerprint density at radius 2 is 1.81 bits per heavy atom. The maximum absolute atomic E-state index is 11.1. The third-order valence-corrected chi connectivity index (χ3v) is 2.59. The molecule has 0 bridgehead atoms. The van der Waals surface area contributed by atoms with Gasteiger partial charge in [-0.15, -0.1) is 0 Å². The van der Waals surface area contributed by atoms with Crippen LogP contribution in [0.4, 0.5) is 0 Å². The van der Waals surface area contributed by atoms with E-state index in [0.29, 0.717) is 6.54 Å². The molecule has 1 atom stereocenters. The van der Waals surface area contributed by atoms with Gasteiger partial charge in [-0.3, -0.25) is 4.79 Å². The number of nitrogens with one attached hydrogen (secondary N) is 2. The minimum atomic E-state index is 0.0104. The summed E-state index contributed by atoms with van der Waals surface area (Å²) >= 11 is 0. The van der Waals surface area contributed by atoms with Crippen molar-refractivity contribution in [2.75, 3.05) is 13.6 Å². The third kappa shape index (κ3) is 3.66. The monoisotopic (exact) mass is 220 g/mol. The van der Waals surface area contributed by atoms with Gasteiger partial charge in [-0.1, -0.05) is 29.3 Å². The standard InChI is InChI=1S/C13H20N2O/c1-9-5-10(2)7-12(6-9)11(3)15-8-13(16)14-4/h5-7,11,15H,8H2,1-4H3,(H,14,16). The summed E-state index contributed by atoms with van der Waals surface area (Å²) in [6.07, 6.45) is 0. The van der Waals surface area contributed by atoms with Gasteiger partial charge in [0.15, 0.2) is 0 Å². The number of hydrogen-bond donors (Lipinski definition) is 2. The van der Waals surface area contributed by atoms with Crippen LogP contribution >= 0.6 is 0 Å². The van der Waals surface area contributed by atoms with E-state index in [4.69, 9.17) is 0 Å². The zero-order chi connectivity index (χ0) is 12.1. The topological polar surface area (TPSA) is 41.1 Å². The van der Waals surface area contributed by atoms with Gasteiger partial charge in [0, 0.05) is 13.1 Å². The average molecular weight is 220 g/mol. The first kappa shape index (κ1) is 12.7. The molecule has 1 amide bonds. The van der Waals surface area contributed by atoms with Crippen molar-refractivity contribution < 1.29 is 4.79 Å². The van der Waals surface area contributed by atoms with Crippen LogP contribution in [0.3, 0.4) is 0 Å². The van der Waals surface area contributed by atoms with Crippen molar-refractivity contribution in [3.63, 3.8) is 0 Å². The van der Waals surface area contributed by atoms with E-state index in [-0.39, 0.29) is 11.9 Å². The Labute approximate surface area is 97.2 Å². The summed E-state index contributed by atoms with van der Waals surface area (Å²) in [5.74, 6) is 0.0104. The zero-order valence-corrected chi connectivity index (χ0v) is 10.4. The predicted molar refractivity (Wildman–Crippen MR) is 66.4 cm³/mol. The number of rotatable bonds is 4. The largest absolute Gasteiger partial charge is 0.358 e. The summed E-state index contributed by atoms with van der Waals surface area (Å²) in [7, 11) is 1.64. The van der Waals surface area contributed by atoms with Crippen LogP contribution in [0.15, 0.2) is 18.2 Å². The lowest BCUT2D eigenvalue weighted by Crippen LogP contribution is -2.32. The number of carbonyl (C=O) groups excluding carboxylic acids is 1. The summed E-state index contributed by atoms with van der Waals surface area (Å²) in [6.45, 7) is 6.59. The van der Waals surface area contributed by atoms with Crippen molar-refractivity contribution in [1.82, 2.24) is 10.6 Å². The molecule has 2 N–H and O–H groups in total. The minimum absolute atomic E-state index is 0.0104. The van der Waals surface area contributed by atoms with Gasteiger partial charge in [0.2, 0.25) is 5.91 Å². The van der Waals surface area contributed by atoms with Crippen molar-refractivity contribution in [3.8, 4) is 0 Å². The molecule has 0 spiro atoms. The highest BCUT2D eigenvalue weighted by Crippen LogP contribution is 2.16. The molecule has 1 rings (SSSR count). The predicted octanol–water partition coefficient (Wildman–Crippen LogP) is 1.70. The number of amides is 1. The molecular formula is C13H20N2O. The highest BCUT2D eigenvalue weighted by Gasteiger charge is 2.07. The Morgan fingerprint density at radius 3 is 2.31 bits per heavy atom. The van der Waals surface area contributed by atoms with E-state index in [0.717, 1.165) is 0 Å². The first-order valence-electron chi connectivity index (χ1n) is 5.55. The Hall–Kier alpha value is -1.35. The Bertz CT molecular complexity index is 354. The van der Waals surface area contributed by atoms with Crippen LogP contribution in [0.25, 0.3) is 0 Å². The number of aryl methyl sites for hydroxylation is 2. The number of carbonyl (C=O) groups is 1. The van der Waals surface area contributed by atoms with Gasteiger partial charge < -0.3 is 10.6 Å². The van der Waals surface area contributed by atoms with Gasteiger partial charge in [-0.05, 0) is 26.3 Å².